The van der Waals surface area contributed by atoms with Crippen LogP contribution in [0.5, 0.6) is 0 Å². The normalized spacial score (nSPS) is 12.9. The van der Waals surface area contributed by atoms with Crippen molar-refractivity contribution < 1.29 is 18.1 Å². The molecule has 0 saturated carbocycles. The average Bonchev–Trinajstić information content (AvgIpc) is 2.35. The van der Waals surface area contributed by atoms with Crippen molar-refractivity contribution >= 4 is 23.0 Å². The van der Waals surface area contributed by atoms with Gasteiger partial charge in [0.2, 0.25) is 0 Å². The number of nitrogens with zero attached hydrogens (tertiary/aromatic N) is 1. The number of benzene rings is 1. The van der Waals surface area contributed by atoms with Gasteiger partial charge in [-0.3, -0.25) is 0 Å². The first kappa shape index (κ1) is 14.5. The first-order chi connectivity index (χ1) is 8.45. The van der Waals surface area contributed by atoms with E-state index in [1.165, 1.54) is 41.8 Å². The van der Waals surface area contributed by atoms with E-state index in [0.717, 1.165) is 0 Å². The van der Waals surface area contributed by atoms with Crippen molar-refractivity contribution in [1.29, 1.82) is 0 Å². The minimum Gasteiger partial charge on any atom is -0.466 e. The van der Waals surface area contributed by atoms with Crippen molar-refractivity contribution in [3.8, 4) is 0 Å². The molecule has 0 spiro atoms. The molecule has 0 fully saturated rings. The van der Waals surface area contributed by atoms with Crippen LogP contribution in [0.4, 0.5) is 4.39 Å². The Labute approximate surface area is 108 Å². The van der Waals surface area contributed by atoms with Crippen molar-refractivity contribution in [3.63, 3.8) is 0 Å². The lowest BCUT2D eigenvalue weighted by Gasteiger charge is -2.11. The van der Waals surface area contributed by atoms with Crippen LogP contribution in [0.25, 0.3) is 6.08 Å². The number of methoxy groups -OCH3 is 1. The van der Waals surface area contributed by atoms with Crippen molar-refractivity contribution in [2.75, 3.05) is 21.2 Å². The second kappa shape index (κ2) is 6.42. The van der Waals surface area contributed by atoms with Crippen LogP contribution in [0.3, 0.4) is 0 Å². The van der Waals surface area contributed by atoms with E-state index in [9.17, 15) is 13.4 Å². The van der Waals surface area contributed by atoms with E-state index < -0.39 is 22.8 Å². The van der Waals surface area contributed by atoms with Gasteiger partial charge in [-0.2, -0.15) is 0 Å². The molecule has 0 heterocycles. The molecule has 0 aliphatic heterocycles. The maximum atomic E-state index is 13.2. The molecule has 0 aromatic heterocycles. The predicted octanol–water partition coefficient (Wildman–Crippen LogP) is 1.60. The second-order valence-electron chi connectivity index (χ2n) is 3.60. The highest BCUT2D eigenvalue weighted by molar-refractivity contribution is 7.82. The van der Waals surface area contributed by atoms with Gasteiger partial charge in [0.15, 0.2) is 0 Å². The lowest BCUT2D eigenvalue weighted by molar-refractivity contribution is -0.134. The Hall–Kier alpha value is -1.53. The largest absolute Gasteiger partial charge is 0.466 e. The van der Waals surface area contributed by atoms with Gasteiger partial charge in [-0.1, -0.05) is 6.07 Å². The zero-order chi connectivity index (χ0) is 13.7. The fourth-order valence-corrected chi connectivity index (χ4v) is 2.16. The molecule has 0 saturated heterocycles. The van der Waals surface area contributed by atoms with Crippen LogP contribution in [0, 0.1) is 5.82 Å². The number of ether oxygens (including phenoxy) is 1. The van der Waals surface area contributed by atoms with Crippen molar-refractivity contribution in [1.82, 2.24) is 4.31 Å². The Morgan fingerprint density at radius 3 is 2.67 bits per heavy atom. The van der Waals surface area contributed by atoms with Crippen LogP contribution in [-0.2, 0) is 20.5 Å². The molecule has 0 aliphatic carbocycles. The molecular formula is C12H14FNO3S. The smallest absolute Gasteiger partial charge is 0.330 e. The first-order valence-corrected chi connectivity index (χ1v) is 6.21. The van der Waals surface area contributed by atoms with E-state index in [1.54, 1.807) is 14.1 Å². The monoisotopic (exact) mass is 271 g/mol. The number of halogens is 1. The van der Waals surface area contributed by atoms with Gasteiger partial charge in [-0.05, 0) is 37.9 Å². The Balaban J connectivity index is 3.15. The first-order valence-electron chi connectivity index (χ1n) is 5.10. The predicted molar refractivity (Wildman–Crippen MR) is 67.5 cm³/mol. The molecule has 1 rings (SSSR count). The topological polar surface area (TPSA) is 46.6 Å². The molecule has 0 aliphatic rings. The van der Waals surface area contributed by atoms with E-state index in [0.29, 0.717) is 10.5 Å². The summed E-state index contributed by atoms with van der Waals surface area (Å²) in [6, 6.07) is 3.89. The molecule has 6 heteroatoms. The zero-order valence-corrected chi connectivity index (χ0v) is 11.2. The number of hydrogen-bond acceptors (Lipinski definition) is 3. The van der Waals surface area contributed by atoms with E-state index in [1.807, 2.05) is 0 Å². The fraction of sp³-hybridized carbons (Fsp3) is 0.250. The second-order valence-corrected chi connectivity index (χ2v) is 5.27. The molecule has 0 bridgehead atoms. The highest BCUT2D eigenvalue weighted by Gasteiger charge is 2.12. The number of carbonyl (C=O) groups excluding carboxylic acids is 1. The highest BCUT2D eigenvalue weighted by atomic mass is 32.2. The summed E-state index contributed by atoms with van der Waals surface area (Å²) < 4.78 is 31.0. The van der Waals surface area contributed by atoms with Gasteiger partial charge in [0.1, 0.15) is 16.8 Å². The summed E-state index contributed by atoms with van der Waals surface area (Å²) in [6.07, 6.45) is 2.64. The van der Waals surface area contributed by atoms with E-state index in [-0.39, 0.29) is 0 Å². The molecule has 4 nitrogen and oxygen atoms in total. The van der Waals surface area contributed by atoms with Crippen LogP contribution >= 0.6 is 0 Å². The van der Waals surface area contributed by atoms with Crippen LogP contribution in [-0.4, -0.2) is 35.7 Å². The molecule has 98 valence electrons. The standard InChI is InChI=1S/C12H14FNO3S/c1-14(2)18(16)11-8-10(13)6-4-9(11)5-7-12(15)17-3/h4-8H,1-3H3/b7-5+. The summed E-state index contributed by atoms with van der Waals surface area (Å²) in [6.45, 7) is 0. The highest BCUT2D eigenvalue weighted by Crippen LogP contribution is 2.18. The Kier molecular flexibility index (Phi) is 5.18. The third-order valence-electron chi connectivity index (χ3n) is 2.10. The molecular weight excluding hydrogens is 257 g/mol. The van der Waals surface area contributed by atoms with Gasteiger partial charge >= 0.3 is 5.97 Å². The maximum Gasteiger partial charge on any atom is 0.330 e. The molecule has 0 amide bonds. The summed E-state index contributed by atoms with van der Waals surface area (Å²) in [5.41, 5.74) is 0.508. The zero-order valence-electron chi connectivity index (χ0n) is 10.3. The summed E-state index contributed by atoms with van der Waals surface area (Å²) in [5.74, 6) is -1.00. The van der Waals surface area contributed by atoms with Crippen molar-refractivity contribution in [2.24, 2.45) is 0 Å². The summed E-state index contributed by atoms with van der Waals surface area (Å²) >= 11 is 0. The van der Waals surface area contributed by atoms with E-state index >= 15 is 0 Å². The number of rotatable bonds is 4. The van der Waals surface area contributed by atoms with Crippen LogP contribution in [0.15, 0.2) is 29.2 Å². The minimum atomic E-state index is -1.48. The number of carbonyl (C=O) groups is 1. The van der Waals surface area contributed by atoms with Crippen molar-refractivity contribution in [2.45, 2.75) is 4.90 Å². The molecule has 1 aromatic rings. The summed E-state index contributed by atoms with van der Waals surface area (Å²) in [4.78, 5) is 11.3. The van der Waals surface area contributed by atoms with Crippen LogP contribution < -0.4 is 0 Å². The Morgan fingerprint density at radius 1 is 1.44 bits per heavy atom. The fourth-order valence-electron chi connectivity index (χ4n) is 1.22. The molecule has 0 N–H and O–H groups in total. The molecule has 18 heavy (non-hydrogen) atoms. The third-order valence-corrected chi connectivity index (χ3v) is 3.49. The van der Waals surface area contributed by atoms with Crippen LogP contribution in [0.2, 0.25) is 0 Å². The SMILES string of the molecule is COC(=O)/C=C/c1ccc(F)cc1S(=O)N(C)C. The van der Waals surface area contributed by atoms with Gasteiger partial charge in [0, 0.05) is 6.08 Å². The third kappa shape index (κ3) is 3.75. The van der Waals surface area contributed by atoms with Gasteiger partial charge in [-0.15, -0.1) is 0 Å². The molecule has 1 atom stereocenters. The van der Waals surface area contributed by atoms with E-state index in [4.69, 9.17) is 0 Å². The van der Waals surface area contributed by atoms with E-state index in [2.05, 4.69) is 4.74 Å². The summed E-state index contributed by atoms with van der Waals surface area (Å²) in [7, 11) is 3.02. The maximum absolute atomic E-state index is 13.2. The Morgan fingerprint density at radius 2 is 2.11 bits per heavy atom. The molecule has 0 radical (unpaired) electrons. The number of hydrogen-bond donors (Lipinski definition) is 0. The minimum absolute atomic E-state index is 0.306. The Bertz CT molecular complexity index is 500. The molecule has 1 aromatic carbocycles. The van der Waals surface area contributed by atoms with Crippen molar-refractivity contribution in [3.05, 3.63) is 35.7 Å². The number of esters is 1. The lowest BCUT2D eigenvalue weighted by atomic mass is 10.2. The lowest BCUT2D eigenvalue weighted by Crippen LogP contribution is -2.16. The summed E-state index contributed by atoms with van der Waals surface area (Å²) in [5, 5.41) is 0. The average molecular weight is 271 g/mol. The van der Waals surface area contributed by atoms with Gasteiger partial charge in [0.25, 0.3) is 0 Å². The van der Waals surface area contributed by atoms with Crippen LogP contribution in [0.1, 0.15) is 5.56 Å². The molecule has 1 unspecified atom stereocenters. The quantitative estimate of drug-likeness (QED) is 0.617. The van der Waals surface area contributed by atoms with Gasteiger partial charge in [-0.25, -0.2) is 17.7 Å². The van der Waals surface area contributed by atoms with Gasteiger partial charge in [0.05, 0.1) is 12.0 Å². The van der Waals surface area contributed by atoms with Gasteiger partial charge < -0.3 is 4.74 Å².